The van der Waals surface area contributed by atoms with Crippen LogP contribution in [0.5, 0.6) is 0 Å². The van der Waals surface area contributed by atoms with Gasteiger partial charge in [-0.1, -0.05) is 50.0 Å². The molecule has 0 saturated heterocycles. The monoisotopic (exact) mass is 208 g/mol. The van der Waals surface area contributed by atoms with Crippen LogP contribution >= 0.6 is 11.8 Å². The molecular weight excluding hydrogens is 188 g/mol. The van der Waals surface area contributed by atoms with Crippen LogP contribution in [-0.2, 0) is 0 Å². The summed E-state index contributed by atoms with van der Waals surface area (Å²) in [6.07, 6.45) is 17.9. The first-order valence-electron chi connectivity index (χ1n) is 5.02. The second kappa shape index (κ2) is 10.4. The smallest absolute Gasteiger partial charge is 0.0140 e. The average Bonchev–Trinajstić information content (AvgIpc) is 2.22. The van der Waals surface area contributed by atoms with Gasteiger partial charge in [-0.2, -0.15) is 0 Å². The van der Waals surface area contributed by atoms with Crippen molar-refractivity contribution in [2.75, 3.05) is 6.26 Å². The Hall–Kier alpha value is -0.690. The number of allylic oxidation sites excluding steroid dienone is 7. The maximum atomic E-state index is 3.61. The van der Waals surface area contributed by atoms with Crippen molar-refractivity contribution in [2.45, 2.75) is 26.2 Å². The minimum absolute atomic E-state index is 1.12. The molecule has 0 aromatic rings. The van der Waals surface area contributed by atoms with E-state index in [1.807, 2.05) is 23.9 Å². The van der Waals surface area contributed by atoms with Crippen molar-refractivity contribution in [2.24, 2.45) is 0 Å². The van der Waals surface area contributed by atoms with Gasteiger partial charge in [0.2, 0.25) is 0 Å². The molecule has 0 saturated carbocycles. The number of hydrogen-bond donors (Lipinski definition) is 0. The van der Waals surface area contributed by atoms with Crippen LogP contribution in [0.2, 0.25) is 0 Å². The van der Waals surface area contributed by atoms with Gasteiger partial charge in [-0.3, -0.25) is 0 Å². The molecule has 14 heavy (non-hydrogen) atoms. The highest BCUT2D eigenvalue weighted by Gasteiger charge is 1.87. The van der Waals surface area contributed by atoms with E-state index in [1.54, 1.807) is 6.08 Å². The topological polar surface area (TPSA) is 0 Å². The van der Waals surface area contributed by atoms with Crippen LogP contribution in [0.15, 0.2) is 47.9 Å². The third-order valence-corrected chi connectivity index (χ3v) is 2.79. The second-order valence-corrected chi connectivity index (χ2v) is 3.79. The van der Waals surface area contributed by atoms with Gasteiger partial charge < -0.3 is 0 Å². The molecule has 1 heteroatoms. The van der Waals surface area contributed by atoms with Gasteiger partial charge in [-0.15, -0.1) is 11.8 Å². The third kappa shape index (κ3) is 7.93. The molecule has 0 radical (unpaired) electrons. The van der Waals surface area contributed by atoms with Crippen LogP contribution in [-0.4, -0.2) is 6.26 Å². The zero-order chi connectivity index (χ0) is 10.6. The highest BCUT2D eigenvalue weighted by molar-refractivity contribution is 8.02. The molecule has 0 aromatic heterocycles. The molecule has 0 heterocycles. The molecule has 0 aliphatic heterocycles. The fourth-order valence-corrected chi connectivity index (χ4v) is 1.60. The highest BCUT2D eigenvalue weighted by atomic mass is 32.2. The second-order valence-electron chi connectivity index (χ2n) is 2.85. The Labute approximate surface area is 92.5 Å². The highest BCUT2D eigenvalue weighted by Crippen LogP contribution is 2.16. The summed E-state index contributed by atoms with van der Waals surface area (Å²) >= 11 is 1.85. The average molecular weight is 208 g/mol. The van der Waals surface area contributed by atoms with E-state index in [0.717, 1.165) is 19.3 Å². The first-order chi connectivity index (χ1) is 6.85. The summed E-state index contributed by atoms with van der Waals surface area (Å²) in [5.41, 5.74) is 0. The summed E-state index contributed by atoms with van der Waals surface area (Å²) in [5.74, 6) is 0. The lowest BCUT2D eigenvalue weighted by molar-refractivity contribution is 1.03. The van der Waals surface area contributed by atoms with E-state index in [1.165, 1.54) is 4.91 Å². The lowest BCUT2D eigenvalue weighted by Crippen LogP contribution is -1.72. The Bertz CT molecular complexity index is 215. The molecule has 0 aliphatic rings. The standard InChI is InChI=1S/C13H20S/c1-4-6-7-8-9-10-11-12-13(5-2)14-3/h4,6-9,12H,1,5,10-11H2,2-3H3/b7-6-,9-8-,13-12+. The van der Waals surface area contributed by atoms with Crippen LogP contribution in [0.4, 0.5) is 0 Å². The Balaban J connectivity index is 3.63. The van der Waals surface area contributed by atoms with E-state index >= 15 is 0 Å². The van der Waals surface area contributed by atoms with E-state index in [2.05, 4.69) is 38.0 Å². The van der Waals surface area contributed by atoms with Gasteiger partial charge in [-0.05, 0) is 30.4 Å². The number of thioether (sulfide) groups is 1. The first-order valence-corrected chi connectivity index (χ1v) is 6.24. The van der Waals surface area contributed by atoms with Crippen LogP contribution in [0, 0.1) is 0 Å². The fraction of sp³-hybridized carbons (Fsp3) is 0.385. The minimum atomic E-state index is 1.12. The summed E-state index contributed by atoms with van der Waals surface area (Å²) in [6, 6.07) is 0. The number of unbranched alkanes of at least 4 members (excludes halogenated alkanes) is 1. The summed E-state index contributed by atoms with van der Waals surface area (Å²) in [6.45, 7) is 5.81. The number of hydrogen-bond acceptors (Lipinski definition) is 1. The predicted octanol–water partition coefficient (Wildman–Crippen LogP) is 4.72. The molecule has 0 aromatic carbocycles. The van der Waals surface area contributed by atoms with Gasteiger partial charge in [0.25, 0.3) is 0 Å². The summed E-state index contributed by atoms with van der Waals surface area (Å²) in [7, 11) is 0. The molecule has 0 amide bonds. The molecule has 0 nitrogen and oxygen atoms in total. The normalized spacial score (nSPS) is 12.9. The fourth-order valence-electron chi connectivity index (χ4n) is 1.03. The molecule has 0 spiro atoms. The van der Waals surface area contributed by atoms with E-state index in [-0.39, 0.29) is 0 Å². The molecule has 0 N–H and O–H groups in total. The number of rotatable bonds is 7. The van der Waals surface area contributed by atoms with Crippen molar-refractivity contribution in [1.82, 2.24) is 0 Å². The van der Waals surface area contributed by atoms with E-state index < -0.39 is 0 Å². The Morgan fingerprint density at radius 2 is 2.00 bits per heavy atom. The Kier molecular flexibility index (Phi) is 9.88. The van der Waals surface area contributed by atoms with Crippen LogP contribution in [0.25, 0.3) is 0 Å². The summed E-state index contributed by atoms with van der Waals surface area (Å²) in [5, 5.41) is 0. The van der Waals surface area contributed by atoms with Crippen LogP contribution < -0.4 is 0 Å². The molecule has 0 bridgehead atoms. The third-order valence-electron chi connectivity index (χ3n) is 1.81. The molecule has 0 rings (SSSR count). The Morgan fingerprint density at radius 1 is 1.21 bits per heavy atom. The van der Waals surface area contributed by atoms with Crippen LogP contribution in [0.1, 0.15) is 26.2 Å². The van der Waals surface area contributed by atoms with Gasteiger partial charge in [0.05, 0.1) is 0 Å². The molecule has 0 fully saturated rings. The largest absolute Gasteiger partial charge is 0.134 e. The van der Waals surface area contributed by atoms with Gasteiger partial charge in [0.1, 0.15) is 0 Å². The quantitative estimate of drug-likeness (QED) is 0.431. The summed E-state index contributed by atoms with van der Waals surface area (Å²) < 4.78 is 0. The van der Waals surface area contributed by atoms with Gasteiger partial charge in [0.15, 0.2) is 0 Å². The molecule has 0 atom stereocenters. The van der Waals surface area contributed by atoms with Crippen molar-refractivity contribution in [3.63, 3.8) is 0 Å². The summed E-state index contributed by atoms with van der Waals surface area (Å²) in [4.78, 5) is 1.49. The van der Waals surface area contributed by atoms with Gasteiger partial charge >= 0.3 is 0 Å². The molecular formula is C13H20S. The maximum absolute atomic E-state index is 3.61. The van der Waals surface area contributed by atoms with E-state index in [9.17, 15) is 0 Å². The van der Waals surface area contributed by atoms with Crippen molar-refractivity contribution in [1.29, 1.82) is 0 Å². The van der Waals surface area contributed by atoms with Crippen molar-refractivity contribution < 1.29 is 0 Å². The zero-order valence-corrected chi connectivity index (χ0v) is 10.0. The zero-order valence-electron chi connectivity index (χ0n) is 9.20. The van der Waals surface area contributed by atoms with Crippen molar-refractivity contribution in [3.05, 3.63) is 47.9 Å². The molecule has 0 unspecified atom stereocenters. The first kappa shape index (κ1) is 13.3. The maximum Gasteiger partial charge on any atom is -0.0140 e. The molecule has 78 valence electrons. The van der Waals surface area contributed by atoms with Gasteiger partial charge in [0, 0.05) is 0 Å². The SMILES string of the molecule is C=C/C=C\C=C/CC/C=C(\CC)SC. The van der Waals surface area contributed by atoms with E-state index in [0.29, 0.717) is 0 Å². The molecule has 0 aliphatic carbocycles. The van der Waals surface area contributed by atoms with E-state index in [4.69, 9.17) is 0 Å². The lowest BCUT2D eigenvalue weighted by atomic mass is 10.2. The lowest BCUT2D eigenvalue weighted by Gasteiger charge is -1.97. The van der Waals surface area contributed by atoms with Crippen molar-refractivity contribution >= 4 is 11.8 Å². The van der Waals surface area contributed by atoms with Crippen molar-refractivity contribution in [3.8, 4) is 0 Å². The van der Waals surface area contributed by atoms with Gasteiger partial charge in [-0.25, -0.2) is 0 Å². The minimum Gasteiger partial charge on any atom is -0.134 e. The van der Waals surface area contributed by atoms with Crippen LogP contribution in [0.3, 0.4) is 0 Å². The predicted molar refractivity (Wildman–Crippen MR) is 69.6 cm³/mol. The Morgan fingerprint density at radius 3 is 2.57 bits per heavy atom.